The molecule has 1 atom stereocenters. The van der Waals surface area contributed by atoms with Crippen molar-refractivity contribution in [1.29, 1.82) is 0 Å². The van der Waals surface area contributed by atoms with Gasteiger partial charge < -0.3 is 10.2 Å². The smallest absolute Gasteiger partial charge is 0.0346 e. The van der Waals surface area contributed by atoms with Crippen molar-refractivity contribution in [2.45, 2.75) is 18.5 Å². The monoisotopic (exact) mass is 169 g/mol. The van der Waals surface area contributed by atoms with Gasteiger partial charge in [0.15, 0.2) is 0 Å². The Balaban J connectivity index is 1.81. The van der Waals surface area contributed by atoms with Crippen molar-refractivity contribution in [3.63, 3.8) is 0 Å². The van der Waals surface area contributed by atoms with Crippen molar-refractivity contribution in [2.24, 2.45) is 0 Å². The molecule has 2 saturated heterocycles. The van der Waals surface area contributed by atoms with E-state index in [0.29, 0.717) is 0 Å². The molecule has 2 rings (SSSR count). The first kappa shape index (κ1) is 8.48. The van der Waals surface area contributed by atoms with Crippen LogP contribution in [0.4, 0.5) is 0 Å². The molecule has 3 heteroatoms. The van der Waals surface area contributed by atoms with Gasteiger partial charge in [-0.2, -0.15) is 0 Å². The van der Waals surface area contributed by atoms with E-state index in [1.807, 2.05) is 0 Å². The topological polar surface area (TPSA) is 18.5 Å². The summed E-state index contributed by atoms with van der Waals surface area (Å²) < 4.78 is 0. The van der Waals surface area contributed by atoms with E-state index in [0.717, 1.165) is 12.1 Å². The van der Waals surface area contributed by atoms with E-state index in [1.54, 1.807) is 0 Å². The van der Waals surface area contributed by atoms with Gasteiger partial charge in [-0.3, -0.25) is 4.90 Å². The fraction of sp³-hybridized carbons (Fsp3) is 1.00. The second-order valence-corrected chi connectivity index (χ2v) is 4.21. The zero-order chi connectivity index (χ0) is 8.55. The Hall–Kier alpha value is -0.120. The van der Waals surface area contributed by atoms with E-state index in [9.17, 15) is 0 Å². The van der Waals surface area contributed by atoms with Crippen LogP contribution in [0, 0.1) is 0 Å². The van der Waals surface area contributed by atoms with E-state index in [4.69, 9.17) is 0 Å². The van der Waals surface area contributed by atoms with Gasteiger partial charge in [0.2, 0.25) is 0 Å². The van der Waals surface area contributed by atoms with Crippen LogP contribution in [0.3, 0.4) is 0 Å². The van der Waals surface area contributed by atoms with Crippen molar-refractivity contribution in [3.05, 3.63) is 0 Å². The molecule has 0 aromatic rings. The molecule has 70 valence electrons. The van der Waals surface area contributed by atoms with Crippen molar-refractivity contribution in [2.75, 3.05) is 40.3 Å². The van der Waals surface area contributed by atoms with Crippen LogP contribution in [0.5, 0.6) is 0 Å². The van der Waals surface area contributed by atoms with Gasteiger partial charge in [-0.05, 0) is 20.5 Å². The minimum Gasteiger partial charge on any atom is -0.314 e. The van der Waals surface area contributed by atoms with Crippen LogP contribution in [0.2, 0.25) is 0 Å². The van der Waals surface area contributed by atoms with Crippen molar-refractivity contribution in [3.8, 4) is 0 Å². The van der Waals surface area contributed by atoms with Crippen molar-refractivity contribution >= 4 is 0 Å². The van der Waals surface area contributed by atoms with Gasteiger partial charge in [0.1, 0.15) is 0 Å². The molecule has 2 aliphatic heterocycles. The molecule has 0 aromatic carbocycles. The molecule has 0 saturated carbocycles. The Morgan fingerprint density at radius 1 is 1.33 bits per heavy atom. The van der Waals surface area contributed by atoms with E-state index >= 15 is 0 Å². The number of likely N-dealkylation sites (N-methyl/N-ethyl adjacent to an activating group) is 1. The van der Waals surface area contributed by atoms with Gasteiger partial charge in [0.05, 0.1) is 0 Å². The molecule has 0 unspecified atom stereocenters. The fourth-order valence-electron chi connectivity index (χ4n) is 2.05. The summed E-state index contributed by atoms with van der Waals surface area (Å²) in [7, 11) is 4.38. The Bertz CT molecular complexity index is 154. The average molecular weight is 169 g/mol. The predicted octanol–water partition coefficient (Wildman–Crippen LogP) is -0.406. The molecule has 2 heterocycles. The van der Waals surface area contributed by atoms with Gasteiger partial charge >= 0.3 is 0 Å². The Labute approximate surface area is 74.7 Å². The third-order valence-corrected chi connectivity index (χ3v) is 3.20. The first-order chi connectivity index (χ1) is 5.77. The molecule has 0 spiro atoms. The number of likely N-dealkylation sites (tertiary alicyclic amines) is 1. The highest BCUT2D eigenvalue weighted by atomic mass is 15.3. The molecule has 0 bridgehead atoms. The predicted molar refractivity (Wildman–Crippen MR) is 50.3 cm³/mol. The maximum atomic E-state index is 3.33. The second kappa shape index (κ2) is 3.32. The molecule has 0 radical (unpaired) electrons. The standard InChI is InChI=1S/C9H19N3/c1-11(2)8-3-4-12(7-8)9-5-10-6-9/h8-10H,3-7H2,1-2H3/t8-/m1/s1. The van der Waals surface area contributed by atoms with Crippen LogP contribution in [0.1, 0.15) is 6.42 Å². The molecule has 1 N–H and O–H groups in total. The van der Waals surface area contributed by atoms with E-state index in [2.05, 4.69) is 29.2 Å². The lowest BCUT2D eigenvalue weighted by atomic mass is 10.1. The SMILES string of the molecule is CN(C)[C@@H]1CCN(C2CNC2)C1. The van der Waals surface area contributed by atoms with Crippen LogP contribution in [-0.4, -0.2) is 62.2 Å². The summed E-state index contributed by atoms with van der Waals surface area (Å²) >= 11 is 0. The molecule has 0 aliphatic carbocycles. The molecular formula is C9H19N3. The van der Waals surface area contributed by atoms with Gasteiger partial charge in [0.25, 0.3) is 0 Å². The summed E-state index contributed by atoms with van der Waals surface area (Å²) in [6.45, 7) is 4.99. The average Bonchev–Trinajstić information content (AvgIpc) is 2.32. The molecule has 2 aliphatic rings. The minimum absolute atomic E-state index is 0.797. The van der Waals surface area contributed by atoms with Crippen LogP contribution in [0.15, 0.2) is 0 Å². The molecule has 3 nitrogen and oxygen atoms in total. The number of nitrogens with zero attached hydrogens (tertiary/aromatic N) is 2. The third-order valence-electron chi connectivity index (χ3n) is 3.20. The first-order valence-corrected chi connectivity index (χ1v) is 4.88. The normalized spacial score (nSPS) is 32.8. The number of rotatable bonds is 2. The maximum Gasteiger partial charge on any atom is 0.0346 e. The van der Waals surface area contributed by atoms with Crippen molar-refractivity contribution in [1.82, 2.24) is 15.1 Å². The minimum atomic E-state index is 0.797. The largest absolute Gasteiger partial charge is 0.314 e. The highest BCUT2D eigenvalue weighted by Gasteiger charge is 2.31. The van der Waals surface area contributed by atoms with Gasteiger partial charge in [-0.25, -0.2) is 0 Å². The van der Waals surface area contributed by atoms with Crippen LogP contribution in [-0.2, 0) is 0 Å². The third kappa shape index (κ3) is 1.49. The molecule has 0 amide bonds. The van der Waals surface area contributed by atoms with E-state index < -0.39 is 0 Å². The van der Waals surface area contributed by atoms with Gasteiger partial charge in [-0.15, -0.1) is 0 Å². The van der Waals surface area contributed by atoms with Crippen LogP contribution in [0.25, 0.3) is 0 Å². The van der Waals surface area contributed by atoms with Crippen LogP contribution >= 0.6 is 0 Å². The fourth-order valence-corrected chi connectivity index (χ4v) is 2.05. The second-order valence-electron chi connectivity index (χ2n) is 4.21. The Morgan fingerprint density at radius 3 is 2.50 bits per heavy atom. The first-order valence-electron chi connectivity index (χ1n) is 4.88. The quantitative estimate of drug-likeness (QED) is 0.606. The summed E-state index contributed by atoms with van der Waals surface area (Å²) in [5.41, 5.74) is 0. The molecule has 2 fully saturated rings. The summed E-state index contributed by atoms with van der Waals surface area (Å²) in [4.78, 5) is 4.98. The highest BCUT2D eigenvalue weighted by Crippen LogP contribution is 2.17. The maximum absolute atomic E-state index is 3.33. The summed E-state index contributed by atoms with van der Waals surface area (Å²) in [5, 5.41) is 3.33. The van der Waals surface area contributed by atoms with E-state index in [1.165, 1.54) is 32.6 Å². The Kier molecular flexibility index (Phi) is 2.35. The number of nitrogens with one attached hydrogen (secondary N) is 1. The number of hydrogen-bond donors (Lipinski definition) is 1. The lowest BCUT2D eigenvalue weighted by molar-refractivity contribution is 0.165. The molecule has 0 aromatic heterocycles. The zero-order valence-corrected chi connectivity index (χ0v) is 8.08. The highest BCUT2D eigenvalue weighted by molar-refractivity contribution is 4.91. The van der Waals surface area contributed by atoms with Gasteiger partial charge in [-0.1, -0.05) is 0 Å². The van der Waals surface area contributed by atoms with Gasteiger partial charge in [0, 0.05) is 38.3 Å². The summed E-state index contributed by atoms with van der Waals surface area (Å²) in [5.74, 6) is 0. The van der Waals surface area contributed by atoms with Crippen LogP contribution < -0.4 is 5.32 Å². The summed E-state index contributed by atoms with van der Waals surface area (Å²) in [6, 6.07) is 1.64. The molecular weight excluding hydrogens is 150 g/mol. The lowest BCUT2D eigenvalue weighted by Gasteiger charge is -2.35. The zero-order valence-electron chi connectivity index (χ0n) is 8.08. The Morgan fingerprint density at radius 2 is 2.08 bits per heavy atom. The lowest BCUT2D eigenvalue weighted by Crippen LogP contribution is -2.56. The number of hydrogen-bond acceptors (Lipinski definition) is 3. The van der Waals surface area contributed by atoms with Crippen molar-refractivity contribution < 1.29 is 0 Å². The molecule has 12 heavy (non-hydrogen) atoms. The summed E-state index contributed by atoms with van der Waals surface area (Å²) in [6.07, 6.45) is 1.35. The van der Waals surface area contributed by atoms with E-state index in [-0.39, 0.29) is 0 Å².